The Balaban J connectivity index is 1.43. The second-order valence-corrected chi connectivity index (χ2v) is 7.63. The van der Waals surface area contributed by atoms with Gasteiger partial charge in [0.2, 0.25) is 5.91 Å². The summed E-state index contributed by atoms with van der Waals surface area (Å²) in [5, 5.41) is 12.5. The fraction of sp³-hybridized carbons (Fsp3) is 0.190. The Morgan fingerprint density at radius 1 is 1.15 bits per heavy atom. The summed E-state index contributed by atoms with van der Waals surface area (Å²) >= 11 is 1.50. The van der Waals surface area contributed by atoms with Crippen molar-refractivity contribution in [3.8, 4) is 6.07 Å². The summed E-state index contributed by atoms with van der Waals surface area (Å²) in [5.41, 5.74) is 2.46. The van der Waals surface area contributed by atoms with Crippen LogP contribution in [0.2, 0.25) is 0 Å². The van der Waals surface area contributed by atoms with Gasteiger partial charge >= 0.3 is 0 Å². The van der Waals surface area contributed by atoms with Gasteiger partial charge in [-0.2, -0.15) is 5.26 Å². The number of hydrogen-bond acceptors (Lipinski definition) is 4. The van der Waals surface area contributed by atoms with E-state index in [1.54, 1.807) is 6.20 Å². The van der Waals surface area contributed by atoms with Crippen LogP contribution < -0.4 is 5.32 Å². The minimum atomic E-state index is -0.389. The topological polar surface area (TPSA) is 65.8 Å². The van der Waals surface area contributed by atoms with Crippen LogP contribution in [-0.2, 0) is 16.6 Å². The number of carbonyl (C=O) groups is 1. The van der Waals surface area contributed by atoms with Crippen molar-refractivity contribution in [1.29, 1.82) is 5.26 Å². The quantitative estimate of drug-likeness (QED) is 0.739. The van der Waals surface area contributed by atoms with Crippen molar-refractivity contribution >= 4 is 22.4 Å². The molecule has 4 rings (SSSR count). The van der Waals surface area contributed by atoms with Crippen molar-refractivity contribution in [2.45, 2.75) is 24.7 Å². The van der Waals surface area contributed by atoms with Gasteiger partial charge in [-0.25, -0.2) is 4.98 Å². The SMILES string of the molecule is N#Cc1ccc(Cc2cnc(NC(=O)C3(c4ccccc4)CC3)s2)cc1. The number of hydrogen-bond donors (Lipinski definition) is 1. The van der Waals surface area contributed by atoms with E-state index in [1.807, 2.05) is 54.6 Å². The molecule has 2 aromatic carbocycles. The van der Waals surface area contributed by atoms with Gasteiger partial charge in [-0.3, -0.25) is 4.79 Å². The Labute approximate surface area is 156 Å². The molecule has 1 aliphatic carbocycles. The van der Waals surface area contributed by atoms with Crippen LogP contribution in [0.15, 0.2) is 60.8 Å². The number of nitrogens with zero attached hydrogens (tertiary/aromatic N) is 2. The summed E-state index contributed by atoms with van der Waals surface area (Å²) in [6.07, 6.45) is 4.31. The molecule has 0 atom stereocenters. The van der Waals surface area contributed by atoms with E-state index in [-0.39, 0.29) is 11.3 Å². The molecular formula is C21H17N3OS. The standard InChI is InChI=1S/C21H17N3OS/c22-13-16-8-6-15(7-9-16)12-18-14-23-20(26-18)24-19(25)21(10-11-21)17-4-2-1-3-5-17/h1-9,14H,10-12H2,(H,23,24,25). The molecule has 1 saturated carbocycles. The van der Waals surface area contributed by atoms with Crippen LogP contribution in [0.5, 0.6) is 0 Å². The van der Waals surface area contributed by atoms with Gasteiger partial charge in [-0.1, -0.05) is 42.5 Å². The summed E-state index contributed by atoms with van der Waals surface area (Å²) in [4.78, 5) is 18.2. The number of aromatic nitrogens is 1. The van der Waals surface area contributed by atoms with Gasteiger partial charge in [0.15, 0.2) is 5.13 Å². The third-order valence-corrected chi connectivity index (χ3v) is 5.66. The van der Waals surface area contributed by atoms with Gasteiger partial charge in [0.1, 0.15) is 0 Å². The number of carbonyl (C=O) groups excluding carboxylic acids is 1. The smallest absolute Gasteiger partial charge is 0.236 e. The van der Waals surface area contributed by atoms with Gasteiger partial charge in [-0.15, -0.1) is 11.3 Å². The number of anilines is 1. The summed E-state index contributed by atoms with van der Waals surface area (Å²) in [6.45, 7) is 0. The minimum absolute atomic E-state index is 0.0305. The molecule has 0 spiro atoms. The van der Waals surface area contributed by atoms with Crippen molar-refractivity contribution in [2.75, 3.05) is 5.32 Å². The number of benzene rings is 2. The van der Waals surface area contributed by atoms with Gasteiger partial charge in [0.05, 0.1) is 17.0 Å². The molecule has 1 fully saturated rings. The second kappa shape index (κ2) is 6.74. The molecule has 26 heavy (non-hydrogen) atoms. The van der Waals surface area contributed by atoms with Crippen LogP contribution in [0.3, 0.4) is 0 Å². The first-order valence-corrected chi connectivity index (χ1v) is 9.32. The Kier molecular flexibility index (Phi) is 4.27. The first kappa shape index (κ1) is 16.5. The van der Waals surface area contributed by atoms with Crippen LogP contribution in [0.4, 0.5) is 5.13 Å². The van der Waals surface area contributed by atoms with Crippen LogP contribution in [0, 0.1) is 11.3 Å². The fourth-order valence-corrected chi connectivity index (χ4v) is 3.93. The van der Waals surface area contributed by atoms with E-state index >= 15 is 0 Å². The highest BCUT2D eigenvalue weighted by Gasteiger charge is 2.51. The molecular weight excluding hydrogens is 342 g/mol. The number of nitriles is 1. The van der Waals surface area contributed by atoms with Gasteiger partial charge in [0, 0.05) is 17.5 Å². The largest absolute Gasteiger partial charge is 0.301 e. The monoisotopic (exact) mass is 359 g/mol. The average Bonchev–Trinajstić information content (AvgIpc) is 3.39. The molecule has 0 bridgehead atoms. The van der Waals surface area contributed by atoms with Crippen LogP contribution in [0.25, 0.3) is 0 Å². The zero-order chi connectivity index (χ0) is 18.0. The van der Waals surface area contributed by atoms with Crippen molar-refractivity contribution in [3.05, 3.63) is 82.4 Å². The molecule has 1 aromatic heterocycles. The highest BCUT2D eigenvalue weighted by molar-refractivity contribution is 7.15. The summed E-state index contributed by atoms with van der Waals surface area (Å²) in [6, 6.07) is 19.6. The maximum atomic E-state index is 12.8. The minimum Gasteiger partial charge on any atom is -0.301 e. The number of nitrogens with one attached hydrogen (secondary N) is 1. The van der Waals surface area contributed by atoms with Crippen LogP contribution >= 0.6 is 11.3 Å². The van der Waals surface area contributed by atoms with Crippen molar-refractivity contribution in [1.82, 2.24) is 4.98 Å². The first-order valence-electron chi connectivity index (χ1n) is 8.50. The third-order valence-electron chi connectivity index (χ3n) is 4.75. The van der Waals surface area contributed by atoms with Gasteiger partial charge in [0.25, 0.3) is 0 Å². The first-order chi connectivity index (χ1) is 12.7. The lowest BCUT2D eigenvalue weighted by Crippen LogP contribution is -2.27. The second-order valence-electron chi connectivity index (χ2n) is 6.52. The van der Waals surface area contributed by atoms with E-state index < -0.39 is 0 Å². The molecule has 0 saturated heterocycles. The zero-order valence-electron chi connectivity index (χ0n) is 14.1. The maximum Gasteiger partial charge on any atom is 0.236 e. The molecule has 3 aromatic rings. The van der Waals surface area contributed by atoms with Gasteiger partial charge in [-0.05, 0) is 36.1 Å². The van der Waals surface area contributed by atoms with Crippen LogP contribution in [-0.4, -0.2) is 10.9 Å². The van der Waals surface area contributed by atoms with Crippen molar-refractivity contribution in [2.24, 2.45) is 0 Å². The molecule has 1 aliphatic rings. The lowest BCUT2D eigenvalue weighted by molar-refractivity contribution is -0.118. The molecule has 1 heterocycles. The zero-order valence-corrected chi connectivity index (χ0v) is 14.9. The molecule has 4 nitrogen and oxygen atoms in total. The normalized spacial score (nSPS) is 14.4. The van der Waals surface area contributed by atoms with E-state index in [0.29, 0.717) is 10.7 Å². The molecule has 0 radical (unpaired) electrons. The van der Waals surface area contributed by atoms with Crippen molar-refractivity contribution < 1.29 is 4.79 Å². The Hall–Kier alpha value is -2.97. The van der Waals surface area contributed by atoms with Crippen molar-refractivity contribution in [3.63, 3.8) is 0 Å². The molecule has 1 N–H and O–H groups in total. The molecule has 0 aliphatic heterocycles. The maximum absolute atomic E-state index is 12.8. The predicted molar refractivity (Wildman–Crippen MR) is 102 cm³/mol. The number of thiazole rings is 1. The van der Waals surface area contributed by atoms with E-state index in [1.165, 1.54) is 11.3 Å². The lowest BCUT2D eigenvalue weighted by atomic mass is 9.95. The third kappa shape index (κ3) is 3.24. The Morgan fingerprint density at radius 2 is 1.88 bits per heavy atom. The Morgan fingerprint density at radius 3 is 2.54 bits per heavy atom. The summed E-state index contributed by atoms with van der Waals surface area (Å²) < 4.78 is 0. The predicted octanol–water partition coefficient (Wildman–Crippen LogP) is 4.28. The lowest BCUT2D eigenvalue weighted by Gasteiger charge is -2.14. The number of rotatable bonds is 5. The van der Waals surface area contributed by atoms with Crippen LogP contribution in [0.1, 0.15) is 34.4 Å². The molecule has 5 heteroatoms. The van der Waals surface area contributed by atoms with E-state index in [4.69, 9.17) is 5.26 Å². The highest BCUT2D eigenvalue weighted by Crippen LogP contribution is 2.49. The van der Waals surface area contributed by atoms with E-state index in [0.717, 1.165) is 35.3 Å². The molecule has 0 unspecified atom stereocenters. The fourth-order valence-electron chi connectivity index (χ4n) is 3.09. The van der Waals surface area contributed by atoms with Gasteiger partial charge < -0.3 is 5.32 Å². The average molecular weight is 359 g/mol. The number of amides is 1. The molecule has 128 valence electrons. The summed E-state index contributed by atoms with van der Waals surface area (Å²) in [7, 11) is 0. The highest BCUT2D eigenvalue weighted by atomic mass is 32.1. The van der Waals surface area contributed by atoms with E-state index in [9.17, 15) is 4.79 Å². The van der Waals surface area contributed by atoms with E-state index in [2.05, 4.69) is 16.4 Å². The molecule has 1 amide bonds. The Bertz CT molecular complexity index is 966. The summed E-state index contributed by atoms with van der Waals surface area (Å²) in [5.74, 6) is 0.0305.